The fourth-order valence-electron chi connectivity index (χ4n) is 4.10. The molecule has 0 radical (unpaired) electrons. The van der Waals surface area contributed by atoms with E-state index in [1.165, 1.54) is 32.2 Å². The Morgan fingerprint density at radius 1 is 1.33 bits per heavy atom. The van der Waals surface area contributed by atoms with Gasteiger partial charge in [-0.1, -0.05) is 13.8 Å². The summed E-state index contributed by atoms with van der Waals surface area (Å²) in [4.78, 5) is 2.74. The van der Waals surface area contributed by atoms with Gasteiger partial charge >= 0.3 is 0 Å². The van der Waals surface area contributed by atoms with Crippen molar-refractivity contribution >= 4 is 0 Å². The number of fused-ring (bicyclic) bond motifs is 2. The summed E-state index contributed by atoms with van der Waals surface area (Å²) in [7, 11) is 0. The molecule has 3 fully saturated rings. The van der Waals surface area contributed by atoms with Crippen LogP contribution in [0.5, 0.6) is 0 Å². The van der Waals surface area contributed by atoms with E-state index >= 15 is 0 Å². The molecular weight excluding hydrogens is 224 g/mol. The molecule has 0 aromatic heterocycles. The second-order valence-corrected chi connectivity index (χ2v) is 6.96. The quantitative estimate of drug-likeness (QED) is 0.831. The average molecular weight is 252 g/mol. The van der Waals surface area contributed by atoms with Crippen LogP contribution in [0.25, 0.3) is 0 Å². The molecule has 104 valence electrons. The molecule has 0 saturated carbocycles. The maximum Gasteiger partial charge on any atom is 0.0736 e. The summed E-state index contributed by atoms with van der Waals surface area (Å²) in [6.45, 7) is 9.38. The summed E-state index contributed by atoms with van der Waals surface area (Å²) >= 11 is 0. The lowest BCUT2D eigenvalue weighted by molar-refractivity contribution is 0.0334. The fourth-order valence-corrected chi connectivity index (χ4v) is 4.10. The van der Waals surface area contributed by atoms with Crippen molar-refractivity contribution in [2.75, 3.05) is 13.1 Å². The molecule has 0 aliphatic carbocycles. The Kier molecular flexibility index (Phi) is 3.65. The van der Waals surface area contributed by atoms with Gasteiger partial charge in [0.25, 0.3) is 0 Å². The Balaban J connectivity index is 1.62. The molecule has 0 aromatic rings. The SMILES string of the molecule is CC(C)CC1CN(C2CC3CCC2O3)C(C)CN1. The fraction of sp³-hybridized carbons (Fsp3) is 1.00. The molecule has 0 aromatic carbocycles. The summed E-state index contributed by atoms with van der Waals surface area (Å²) in [6.07, 6.45) is 6.28. The minimum atomic E-state index is 0.537. The molecule has 0 amide bonds. The minimum Gasteiger partial charge on any atom is -0.373 e. The molecule has 5 atom stereocenters. The Labute approximate surface area is 111 Å². The predicted molar refractivity (Wildman–Crippen MR) is 73.7 cm³/mol. The predicted octanol–water partition coefficient (Wildman–Crippen LogP) is 2.01. The highest BCUT2D eigenvalue weighted by Gasteiger charge is 2.45. The number of nitrogens with zero attached hydrogens (tertiary/aromatic N) is 1. The zero-order valence-corrected chi connectivity index (χ0v) is 12.1. The first-order valence-electron chi connectivity index (χ1n) is 7.78. The minimum absolute atomic E-state index is 0.537. The van der Waals surface area contributed by atoms with Crippen LogP contribution in [0, 0.1) is 5.92 Å². The maximum absolute atomic E-state index is 6.04. The van der Waals surface area contributed by atoms with Gasteiger partial charge in [-0.3, -0.25) is 4.90 Å². The van der Waals surface area contributed by atoms with Gasteiger partial charge in [0.05, 0.1) is 12.2 Å². The monoisotopic (exact) mass is 252 g/mol. The van der Waals surface area contributed by atoms with Gasteiger partial charge in [-0.2, -0.15) is 0 Å². The maximum atomic E-state index is 6.04. The van der Waals surface area contributed by atoms with Crippen LogP contribution >= 0.6 is 0 Å². The van der Waals surface area contributed by atoms with E-state index in [9.17, 15) is 0 Å². The first-order chi connectivity index (χ1) is 8.63. The van der Waals surface area contributed by atoms with Crippen molar-refractivity contribution in [1.29, 1.82) is 0 Å². The van der Waals surface area contributed by atoms with Crippen molar-refractivity contribution in [3.05, 3.63) is 0 Å². The van der Waals surface area contributed by atoms with Gasteiger partial charge in [0.2, 0.25) is 0 Å². The third-order valence-corrected chi connectivity index (χ3v) is 4.96. The van der Waals surface area contributed by atoms with E-state index in [2.05, 4.69) is 31.0 Å². The third-order valence-electron chi connectivity index (χ3n) is 4.96. The number of nitrogens with one attached hydrogen (secondary N) is 1. The molecule has 2 bridgehead atoms. The van der Waals surface area contributed by atoms with Crippen molar-refractivity contribution in [3.63, 3.8) is 0 Å². The number of rotatable bonds is 3. The highest BCUT2D eigenvalue weighted by Crippen LogP contribution is 2.38. The van der Waals surface area contributed by atoms with Gasteiger partial charge in [0.1, 0.15) is 0 Å². The van der Waals surface area contributed by atoms with E-state index in [-0.39, 0.29) is 0 Å². The number of piperazine rings is 1. The zero-order valence-electron chi connectivity index (χ0n) is 12.1. The first-order valence-corrected chi connectivity index (χ1v) is 7.78. The summed E-state index contributed by atoms with van der Waals surface area (Å²) < 4.78 is 6.04. The molecule has 3 nitrogen and oxygen atoms in total. The highest BCUT2D eigenvalue weighted by molar-refractivity contribution is 4.99. The topological polar surface area (TPSA) is 24.5 Å². The van der Waals surface area contributed by atoms with Crippen molar-refractivity contribution in [3.8, 4) is 0 Å². The molecule has 3 rings (SSSR count). The number of ether oxygens (including phenoxy) is 1. The Morgan fingerprint density at radius 3 is 2.78 bits per heavy atom. The van der Waals surface area contributed by atoms with Crippen LogP contribution in [-0.2, 0) is 4.74 Å². The van der Waals surface area contributed by atoms with Crippen LogP contribution in [0.1, 0.15) is 46.5 Å². The normalized spacial score (nSPS) is 45.0. The van der Waals surface area contributed by atoms with E-state index in [4.69, 9.17) is 4.74 Å². The van der Waals surface area contributed by atoms with E-state index < -0.39 is 0 Å². The largest absolute Gasteiger partial charge is 0.373 e. The van der Waals surface area contributed by atoms with E-state index in [1.807, 2.05) is 0 Å². The van der Waals surface area contributed by atoms with Crippen LogP contribution in [-0.4, -0.2) is 48.3 Å². The third kappa shape index (κ3) is 2.45. The van der Waals surface area contributed by atoms with Gasteiger partial charge in [0, 0.05) is 31.2 Å². The van der Waals surface area contributed by atoms with Crippen LogP contribution in [0.2, 0.25) is 0 Å². The Hall–Kier alpha value is -0.120. The van der Waals surface area contributed by atoms with Gasteiger partial charge in [0.15, 0.2) is 0 Å². The van der Waals surface area contributed by atoms with E-state index in [0.717, 1.165) is 12.5 Å². The van der Waals surface area contributed by atoms with E-state index in [1.54, 1.807) is 0 Å². The van der Waals surface area contributed by atoms with Gasteiger partial charge in [-0.25, -0.2) is 0 Å². The summed E-state index contributed by atoms with van der Waals surface area (Å²) in [6, 6.07) is 2.05. The van der Waals surface area contributed by atoms with Crippen LogP contribution < -0.4 is 5.32 Å². The second-order valence-electron chi connectivity index (χ2n) is 6.96. The number of hydrogen-bond acceptors (Lipinski definition) is 3. The summed E-state index contributed by atoms with van der Waals surface area (Å²) in [5, 5.41) is 3.72. The molecule has 3 heteroatoms. The number of hydrogen-bond donors (Lipinski definition) is 1. The van der Waals surface area contributed by atoms with Crippen LogP contribution in [0.3, 0.4) is 0 Å². The van der Waals surface area contributed by atoms with Gasteiger partial charge in [-0.15, -0.1) is 0 Å². The van der Waals surface area contributed by atoms with Crippen molar-refractivity contribution < 1.29 is 4.74 Å². The second kappa shape index (κ2) is 5.10. The zero-order chi connectivity index (χ0) is 12.7. The van der Waals surface area contributed by atoms with Crippen molar-refractivity contribution in [1.82, 2.24) is 10.2 Å². The van der Waals surface area contributed by atoms with Crippen LogP contribution in [0.15, 0.2) is 0 Å². The first kappa shape index (κ1) is 12.9. The molecule has 3 aliphatic heterocycles. The Bertz CT molecular complexity index is 294. The molecule has 3 saturated heterocycles. The molecular formula is C15H28N2O. The highest BCUT2D eigenvalue weighted by atomic mass is 16.5. The van der Waals surface area contributed by atoms with Gasteiger partial charge in [-0.05, 0) is 38.5 Å². The summed E-state index contributed by atoms with van der Waals surface area (Å²) in [5.74, 6) is 0.786. The lowest BCUT2D eigenvalue weighted by Gasteiger charge is -2.44. The molecule has 1 N–H and O–H groups in total. The Morgan fingerprint density at radius 2 is 2.17 bits per heavy atom. The lowest BCUT2D eigenvalue weighted by Crippen LogP contribution is -2.60. The molecule has 3 aliphatic rings. The smallest absolute Gasteiger partial charge is 0.0736 e. The van der Waals surface area contributed by atoms with E-state index in [0.29, 0.717) is 30.3 Å². The average Bonchev–Trinajstić information content (AvgIpc) is 2.93. The molecule has 5 unspecified atom stereocenters. The molecule has 0 spiro atoms. The van der Waals surface area contributed by atoms with Crippen molar-refractivity contribution in [2.45, 2.75) is 76.8 Å². The standard InChI is InChI=1S/C15H28N2O/c1-10(2)6-12-9-17(11(3)8-16-12)14-7-13-4-5-15(14)18-13/h10-16H,4-9H2,1-3H3. The summed E-state index contributed by atoms with van der Waals surface area (Å²) in [5.41, 5.74) is 0. The lowest BCUT2D eigenvalue weighted by atomic mass is 9.91. The van der Waals surface area contributed by atoms with Gasteiger partial charge < -0.3 is 10.1 Å². The molecule has 18 heavy (non-hydrogen) atoms. The molecule has 3 heterocycles. The van der Waals surface area contributed by atoms with Crippen molar-refractivity contribution in [2.24, 2.45) is 5.92 Å². The van der Waals surface area contributed by atoms with Crippen LogP contribution in [0.4, 0.5) is 0 Å².